The molecule has 3 heterocycles. The number of nitrogens with one attached hydrogen (secondary N) is 1. The number of amides is 1. The van der Waals surface area contributed by atoms with Gasteiger partial charge in [0.1, 0.15) is 21.7 Å². The van der Waals surface area contributed by atoms with Crippen LogP contribution in [0.2, 0.25) is 0 Å². The fourth-order valence-electron chi connectivity index (χ4n) is 8.45. The van der Waals surface area contributed by atoms with Crippen LogP contribution in [0.1, 0.15) is 62.7 Å². The summed E-state index contributed by atoms with van der Waals surface area (Å²) in [5.41, 5.74) is 1.94. The van der Waals surface area contributed by atoms with Crippen LogP contribution < -0.4 is 5.32 Å². The lowest BCUT2D eigenvalue weighted by atomic mass is 9.54. The summed E-state index contributed by atoms with van der Waals surface area (Å²) in [6, 6.07) is 8.77. The molecule has 5 nitrogen and oxygen atoms in total. The van der Waals surface area contributed by atoms with Crippen LogP contribution in [0.4, 0.5) is 4.39 Å². The second-order valence-corrected chi connectivity index (χ2v) is 14.6. The zero-order valence-corrected chi connectivity index (χ0v) is 25.3. The summed E-state index contributed by atoms with van der Waals surface area (Å²) in [6.45, 7) is 5.58. The highest BCUT2D eigenvalue weighted by atomic mass is 32.2. The topological polar surface area (TPSA) is 48.7 Å². The zero-order chi connectivity index (χ0) is 27.9. The summed E-state index contributed by atoms with van der Waals surface area (Å²) in [4.78, 5) is 19.1. The van der Waals surface area contributed by atoms with Gasteiger partial charge in [-0.15, -0.1) is 0 Å². The monoisotopic (exact) mass is 593 g/mol. The molecule has 218 valence electrons. The largest absolute Gasteiger partial charge is 0.456 e. The minimum atomic E-state index is -0.265. The van der Waals surface area contributed by atoms with Crippen molar-refractivity contribution in [2.24, 2.45) is 23.7 Å². The average molecular weight is 594 g/mol. The lowest BCUT2D eigenvalue weighted by Crippen LogP contribution is -2.57. The van der Waals surface area contributed by atoms with Crippen molar-refractivity contribution in [1.29, 1.82) is 0 Å². The van der Waals surface area contributed by atoms with E-state index in [9.17, 15) is 9.18 Å². The molecule has 0 spiro atoms. The van der Waals surface area contributed by atoms with Crippen LogP contribution in [0.3, 0.4) is 0 Å². The van der Waals surface area contributed by atoms with E-state index < -0.39 is 0 Å². The van der Waals surface area contributed by atoms with Gasteiger partial charge in [0.25, 0.3) is 5.91 Å². The summed E-state index contributed by atoms with van der Waals surface area (Å²) in [5, 5.41) is 3.42. The molecule has 1 amide bonds. The lowest BCUT2D eigenvalue weighted by molar-refractivity contribution is -0.130. The molecule has 2 aromatic rings. The third-order valence-corrected chi connectivity index (χ3v) is 11.5. The van der Waals surface area contributed by atoms with Gasteiger partial charge < -0.3 is 14.6 Å². The first-order valence-corrected chi connectivity index (χ1v) is 16.8. The molecule has 4 aliphatic carbocycles. The van der Waals surface area contributed by atoms with Gasteiger partial charge in [0.15, 0.2) is 0 Å². The number of halogens is 1. The number of unbranched alkanes of at least 4 members (excludes halogenated alkanes) is 2. The highest BCUT2D eigenvalue weighted by Gasteiger charge is 2.53. The first kappa shape index (κ1) is 27.8. The smallest absolute Gasteiger partial charge is 0.266 e. The van der Waals surface area contributed by atoms with Crippen molar-refractivity contribution in [3.63, 3.8) is 0 Å². The number of thiocarbonyl (C=S) groups is 1. The molecule has 1 aromatic carbocycles. The number of carbonyl (C=O) groups excluding carboxylic acids is 1. The van der Waals surface area contributed by atoms with Gasteiger partial charge in [-0.3, -0.25) is 9.69 Å². The predicted octanol–water partition coefficient (Wildman–Crippen LogP) is 6.73. The molecule has 6 fully saturated rings. The molecule has 2 saturated heterocycles. The number of benzene rings is 1. The van der Waals surface area contributed by atoms with Gasteiger partial charge in [0, 0.05) is 43.9 Å². The lowest BCUT2D eigenvalue weighted by Gasteiger charge is -2.56. The highest BCUT2D eigenvalue weighted by Crippen LogP contribution is 2.56. The summed E-state index contributed by atoms with van der Waals surface area (Å²) in [7, 11) is 0. The summed E-state index contributed by atoms with van der Waals surface area (Å²) >= 11 is 7.28. The second kappa shape index (κ2) is 11.9. The normalized spacial score (nSPS) is 30.7. The van der Waals surface area contributed by atoms with E-state index in [0.717, 1.165) is 80.7 Å². The van der Waals surface area contributed by atoms with Crippen molar-refractivity contribution in [2.75, 3.05) is 32.7 Å². The Kier molecular flexibility index (Phi) is 8.10. The van der Waals surface area contributed by atoms with Gasteiger partial charge in [-0.25, -0.2) is 4.39 Å². The third kappa shape index (κ3) is 5.82. The molecule has 4 bridgehead atoms. The van der Waals surface area contributed by atoms with Crippen LogP contribution in [0, 0.1) is 29.5 Å². The summed E-state index contributed by atoms with van der Waals surface area (Å²) in [5.74, 6) is 4.14. The van der Waals surface area contributed by atoms with E-state index in [1.54, 1.807) is 12.1 Å². The van der Waals surface area contributed by atoms with Crippen LogP contribution in [0.5, 0.6) is 0 Å². The minimum Gasteiger partial charge on any atom is -0.456 e. The Morgan fingerprint density at radius 2 is 1.71 bits per heavy atom. The van der Waals surface area contributed by atoms with E-state index in [4.69, 9.17) is 16.6 Å². The fourth-order valence-corrected chi connectivity index (χ4v) is 9.77. The fraction of sp³-hybridized carbons (Fsp3) is 0.576. The Labute approximate surface area is 252 Å². The van der Waals surface area contributed by atoms with Crippen LogP contribution in [0.15, 0.2) is 39.7 Å². The molecule has 4 saturated carbocycles. The number of aryl methyl sites for hydroxylation is 1. The van der Waals surface area contributed by atoms with Gasteiger partial charge in [0.2, 0.25) is 0 Å². The van der Waals surface area contributed by atoms with Gasteiger partial charge in [-0.2, -0.15) is 0 Å². The van der Waals surface area contributed by atoms with Crippen molar-refractivity contribution in [3.8, 4) is 11.3 Å². The SMILES string of the molecule is O=C1/C(=C/c2oc(-c3ccc(F)cc3)cc2CCCCCN2CCNCC2)SC(=S)N1C1C2CC3CC(C2)CC1C3. The van der Waals surface area contributed by atoms with Crippen molar-refractivity contribution in [2.45, 2.75) is 63.8 Å². The Bertz CT molecular complexity index is 1290. The third-order valence-electron chi connectivity index (χ3n) is 10.2. The zero-order valence-electron chi connectivity index (χ0n) is 23.7. The second-order valence-electron chi connectivity index (χ2n) is 12.9. The van der Waals surface area contributed by atoms with Crippen molar-refractivity contribution in [1.82, 2.24) is 15.1 Å². The minimum absolute atomic E-state index is 0.0548. The van der Waals surface area contributed by atoms with E-state index in [1.807, 2.05) is 11.0 Å². The van der Waals surface area contributed by atoms with E-state index in [1.165, 1.54) is 62.4 Å². The number of hydrogen-bond acceptors (Lipinski definition) is 6. The molecule has 8 heteroatoms. The number of nitrogens with zero attached hydrogens (tertiary/aromatic N) is 2. The molecule has 8 rings (SSSR count). The predicted molar refractivity (Wildman–Crippen MR) is 167 cm³/mol. The molecule has 6 aliphatic rings. The molecule has 41 heavy (non-hydrogen) atoms. The molecule has 1 aromatic heterocycles. The van der Waals surface area contributed by atoms with Gasteiger partial charge in [0.05, 0.1) is 4.91 Å². The number of thioether (sulfide) groups is 1. The molecule has 0 atom stereocenters. The van der Waals surface area contributed by atoms with E-state index in [2.05, 4.69) is 16.3 Å². The summed E-state index contributed by atoms with van der Waals surface area (Å²) < 4.78 is 20.7. The van der Waals surface area contributed by atoms with E-state index in [-0.39, 0.29) is 17.8 Å². The van der Waals surface area contributed by atoms with Gasteiger partial charge in [-0.05, 0) is 117 Å². The number of hydrogen-bond donors (Lipinski definition) is 1. The quantitative estimate of drug-likeness (QED) is 0.198. The number of piperazine rings is 1. The average Bonchev–Trinajstić information content (AvgIpc) is 3.49. The van der Waals surface area contributed by atoms with E-state index in [0.29, 0.717) is 26.8 Å². The van der Waals surface area contributed by atoms with Gasteiger partial charge >= 0.3 is 0 Å². The maximum Gasteiger partial charge on any atom is 0.266 e. The van der Waals surface area contributed by atoms with Crippen molar-refractivity contribution < 1.29 is 13.6 Å². The van der Waals surface area contributed by atoms with Crippen LogP contribution in [-0.4, -0.2) is 58.8 Å². The molecular weight excluding hydrogens is 554 g/mol. The molecule has 1 N–H and O–H groups in total. The number of rotatable bonds is 9. The molecule has 0 unspecified atom stereocenters. The maximum absolute atomic E-state index is 13.9. The van der Waals surface area contributed by atoms with Crippen molar-refractivity contribution in [3.05, 3.63) is 52.4 Å². The Balaban J connectivity index is 1.08. The van der Waals surface area contributed by atoms with Crippen LogP contribution in [-0.2, 0) is 11.2 Å². The first-order valence-electron chi connectivity index (χ1n) is 15.6. The van der Waals surface area contributed by atoms with E-state index >= 15 is 0 Å². The molecule has 0 radical (unpaired) electrons. The van der Waals surface area contributed by atoms with Crippen molar-refractivity contribution >= 4 is 40.3 Å². The van der Waals surface area contributed by atoms with Crippen LogP contribution in [0.25, 0.3) is 17.4 Å². The maximum atomic E-state index is 13.9. The number of carbonyl (C=O) groups is 1. The Hall–Kier alpha value is -2.00. The highest BCUT2D eigenvalue weighted by molar-refractivity contribution is 8.26. The van der Waals surface area contributed by atoms with Crippen LogP contribution >= 0.6 is 24.0 Å². The molecule has 2 aliphatic heterocycles. The Morgan fingerprint density at radius 3 is 2.41 bits per heavy atom. The Morgan fingerprint density at radius 1 is 1.00 bits per heavy atom. The van der Waals surface area contributed by atoms with Gasteiger partial charge in [-0.1, -0.05) is 30.4 Å². The number of furan rings is 1. The molecular formula is C33H40FN3O2S2. The standard InChI is InChI=1S/C33H40FN3O2S2/c34-27-7-5-23(6-8-27)28-19-24(4-2-1-3-11-36-12-9-35-10-13-36)29(39-28)20-30-32(38)37(33(40)41-30)31-25-15-21-14-22(17-25)18-26(31)16-21/h5-8,19-22,25-26,31,35H,1-4,9-18H2/b30-20-. The summed E-state index contributed by atoms with van der Waals surface area (Å²) in [6.07, 6.45) is 12.6. The first-order chi connectivity index (χ1) is 20.0.